The van der Waals surface area contributed by atoms with Crippen LogP contribution in [-0.2, 0) is 6.54 Å². The van der Waals surface area contributed by atoms with E-state index in [1.165, 1.54) is 5.56 Å². The van der Waals surface area contributed by atoms with Crippen LogP contribution in [-0.4, -0.2) is 12.0 Å². The molecule has 2 N–H and O–H groups in total. The summed E-state index contributed by atoms with van der Waals surface area (Å²) in [5, 5.41) is 2.25. The lowest BCUT2D eigenvalue weighted by Gasteiger charge is -2.20. The SMILES string of the molecule is CN(Cc1ccccc1)c1nccc2ccc(N)cc12. The normalized spacial score (nSPS) is 10.7. The zero-order valence-corrected chi connectivity index (χ0v) is 11.5. The molecule has 2 aromatic carbocycles. The van der Waals surface area contributed by atoms with Crippen molar-refractivity contribution in [2.45, 2.75) is 6.54 Å². The second-order valence-corrected chi connectivity index (χ2v) is 4.96. The lowest BCUT2D eigenvalue weighted by Crippen LogP contribution is -2.17. The van der Waals surface area contributed by atoms with Crippen LogP contribution in [0.15, 0.2) is 60.8 Å². The molecule has 3 nitrogen and oxygen atoms in total. The molecule has 0 amide bonds. The molecular formula is C17H17N3. The number of hydrogen-bond donors (Lipinski definition) is 1. The number of rotatable bonds is 3. The number of fused-ring (bicyclic) bond motifs is 1. The minimum atomic E-state index is 0.764. The molecule has 0 fully saturated rings. The van der Waals surface area contributed by atoms with E-state index in [9.17, 15) is 0 Å². The van der Waals surface area contributed by atoms with Crippen LogP contribution in [0.4, 0.5) is 11.5 Å². The third-order valence-electron chi connectivity index (χ3n) is 3.39. The second kappa shape index (κ2) is 5.21. The quantitative estimate of drug-likeness (QED) is 0.736. The van der Waals surface area contributed by atoms with Crippen LogP contribution in [0, 0.1) is 0 Å². The number of pyridine rings is 1. The van der Waals surface area contributed by atoms with Crippen molar-refractivity contribution < 1.29 is 0 Å². The van der Waals surface area contributed by atoms with Gasteiger partial charge in [0.25, 0.3) is 0 Å². The van der Waals surface area contributed by atoms with E-state index < -0.39 is 0 Å². The molecule has 0 unspecified atom stereocenters. The van der Waals surface area contributed by atoms with Crippen molar-refractivity contribution in [3.63, 3.8) is 0 Å². The van der Waals surface area contributed by atoms with Gasteiger partial charge >= 0.3 is 0 Å². The highest BCUT2D eigenvalue weighted by molar-refractivity contribution is 5.94. The van der Waals surface area contributed by atoms with Crippen molar-refractivity contribution in [2.24, 2.45) is 0 Å². The molecule has 0 saturated carbocycles. The summed E-state index contributed by atoms with van der Waals surface area (Å²) in [4.78, 5) is 6.66. The Morgan fingerprint density at radius 3 is 2.65 bits per heavy atom. The highest BCUT2D eigenvalue weighted by Crippen LogP contribution is 2.26. The number of aromatic nitrogens is 1. The van der Waals surface area contributed by atoms with E-state index in [0.29, 0.717) is 0 Å². The first-order chi connectivity index (χ1) is 9.74. The van der Waals surface area contributed by atoms with Crippen LogP contribution in [0.2, 0.25) is 0 Å². The largest absolute Gasteiger partial charge is 0.399 e. The lowest BCUT2D eigenvalue weighted by atomic mass is 10.1. The standard InChI is InChI=1S/C17H17N3/c1-20(12-13-5-3-2-4-6-13)17-16-11-15(18)8-7-14(16)9-10-19-17/h2-11H,12,18H2,1H3. The van der Waals surface area contributed by atoms with E-state index >= 15 is 0 Å². The molecular weight excluding hydrogens is 246 g/mol. The van der Waals surface area contributed by atoms with E-state index in [0.717, 1.165) is 28.8 Å². The molecule has 0 saturated heterocycles. The van der Waals surface area contributed by atoms with Gasteiger partial charge < -0.3 is 10.6 Å². The Balaban J connectivity index is 1.99. The number of anilines is 2. The Hall–Kier alpha value is -2.55. The van der Waals surface area contributed by atoms with Gasteiger partial charge in [0, 0.05) is 30.9 Å². The van der Waals surface area contributed by atoms with Crippen LogP contribution < -0.4 is 10.6 Å². The summed E-state index contributed by atoms with van der Waals surface area (Å²) in [6.45, 7) is 0.821. The van der Waals surface area contributed by atoms with Crippen molar-refractivity contribution in [1.82, 2.24) is 4.98 Å². The number of hydrogen-bond acceptors (Lipinski definition) is 3. The molecule has 3 aromatic rings. The second-order valence-electron chi connectivity index (χ2n) is 4.96. The van der Waals surface area contributed by atoms with Gasteiger partial charge in [-0.05, 0) is 29.1 Å². The minimum absolute atomic E-state index is 0.764. The van der Waals surface area contributed by atoms with Gasteiger partial charge in [-0.3, -0.25) is 0 Å². The molecule has 100 valence electrons. The number of nitrogens with zero attached hydrogens (tertiary/aromatic N) is 2. The summed E-state index contributed by atoms with van der Waals surface area (Å²) in [6, 6.07) is 18.3. The maximum Gasteiger partial charge on any atom is 0.136 e. The molecule has 0 aliphatic heterocycles. The van der Waals surface area contributed by atoms with Crippen molar-refractivity contribution in [3.8, 4) is 0 Å². The predicted octanol–water partition coefficient (Wildman–Crippen LogP) is 3.45. The van der Waals surface area contributed by atoms with Crippen molar-refractivity contribution in [2.75, 3.05) is 17.7 Å². The van der Waals surface area contributed by atoms with Gasteiger partial charge in [-0.25, -0.2) is 4.98 Å². The first kappa shape index (κ1) is 12.5. The number of nitrogens with two attached hydrogens (primary N) is 1. The van der Waals surface area contributed by atoms with Gasteiger partial charge in [0.15, 0.2) is 0 Å². The number of benzene rings is 2. The van der Waals surface area contributed by atoms with E-state index in [4.69, 9.17) is 5.73 Å². The van der Waals surface area contributed by atoms with Gasteiger partial charge in [-0.2, -0.15) is 0 Å². The van der Waals surface area contributed by atoms with Crippen molar-refractivity contribution in [1.29, 1.82) is 0 Å². The fourth-order valence-electron chi connectivity index (χ4n) is 2.41. The Morgan fingerprint density at radius 1 is 1.05 bits per heavy atom. The Kier molecular flexibility index (Phi) is 3.25. The summed E-state index contributed by atoms with van der Waals surface area (Å²) in [7, 11) is 2.05. The molecule has 0 spiro atoms. The molecule has 3 heteroatoms. The van der Waals surface area contributed by atoms with E-state index in [2.05, 4.69) is 41.2 Å². The minimum Gasteiger partial charge on any atom is -0.399 e. The Morgan fingerprint density at radius 2 is 1.85 bits per heavy atom. The highest BCUT2D eigenvalue weighted by atomic mass is 15.2. The maximum absolute atomic E-state index is 5.90. The zero-order chi connectivity index (χ0) is 13.9. The average molecular weight is 263 g/mol. The van der Waals surface area contributed by atoms with Crippen LogP contribution in [0.25, 0.3) is 10.8 Å². The van der Waals surface area contributed by atoms with Gasteiger partial charge in [0.05, 0.1) is 0 Å². The predicted molar refractivity (Wildman–Crippen MR) is 84.7 cm³/mol. The third-order valence-corrected chi connectivity index (χ3v) is 3.39. The summed E-state index contributed by atoms with van der Waals surface area (Å²) < 4.78 is 0. The smallest absolute Gasteiger partial charge is 0.136 e. The zero-order valence-electron chi connectivity index (χ0n) is 11.5. The number of nitrogen functional groups attached to an aromatic ring is 1. The van der Waals surface area contributed by atoms with Gasteiger partial charge in [0.2, 0.25) is 0 Å². The van der Waals surface area contributed by atoms with E-state index in [-0.39, 0.29) is 0 Å². The van der Waals surface area contributed by atoms with Crippen molar-refractivity contribution in [3.05, 3.63) is 66.4 Å². The van der Waals surface area contributed by atoms with Crippen LogP contribution in [0.1, 0.15) is 5.56 Å². The van der Waals surface area contributed by atoms with Crippen molar-refractivity contribution >= 4 is 22.3 Å². The maximum atomic E-state index is 5.90. The molecule has 0 bridgehead atoms. The Bertz CT molecular complexity index is 723. The lowest BCUT2D eigenvalue weighted by molar-refractivity contribution is 0.905. The fourth-order valence-corrected chi connectivity index (χ4v) is 2.41. The van der Waals surface area contributed by atoms with E-state index in [1.807, 2.05) is 36.5 Å². The molecule has 1 aromatic heterocycles. The summed E-state index contributed by atoms with van der Waals surface area (Å²) >= 11 is 0. The third kappa shape index (κ3) is 2.43. The monoisotopic (exact) mass is 263 g/mol. The Labute approximate surface area is 118 Å². The first-order valence-corrected chi connectivity index (χ1v) is 6.63. The molecule has 0 radical (unpaired) electrons. The summed E-state index contributed by atoms with van der Waals surface area (Å²) in [5.74, 6) is 0.957. The summed E-state index contributed by atoms with van der Waals surface area (Å²) in [6.07, 6.45) is 1.84. The van der Waals surface area contributed by atoms with Gasteiger partial charge in [0.1, 0.15) is 5.82 Å². The van der Waals surface area contributed by atoms with Crippen LogP contribution >= 0.6 is 0 Å². The van der Waals surface area contributed by atoms with Gasteiger partial charge in [-0.1, -0.05) is 36.4 Å². The average Bonchev–Trinajstić information content (AvgIpc) is 2.47. The van der Waals surface area contributed by atoms with E-state index in [1.54, 1.807) is 0 Å². The molecule has 0 atom stereocenters. The molecule has 0 aliphatic rings. The topological polar surface area (TPSA) is 42.2 Å². The molecule has 0 aliphatic carbocycles. The first-order valence-electron chi connectivity index (χ1n) is 6.63. The molecule has 20 heavy (non-hydrogen) atoms. The van der Waals surface area contributed by atoms with Crippen LogP contribution in [0.5, 0.6) is 0 Å². The fraction of sp³-hybridized carbons (Fsp3) is 0.118. The highest BCUT2D eigenvalue weighted by Gasteiger charge is 2.08. The summed E-state index contributed by atoms with van der Waals surface area (Å²) in [5.41, 5.74) is 7.92. The van der Waals surface area contributed by atoms with Crippen LogP contribution in [0.3, 0.4) is 0 Å². The van der Waals surface area contributed by atoms with Gasteiger partial charge in [-0.15, -0.1) is 0 Å². The molecule has 1 heterocycles. The molecule has 3 rings (SSSR count).